The molecular formula is C14H22O2. The van der Waals surface area contributed by atoms with Crippen LogP contribution in [-0.2, 0) is 12.8 Å². The molecule has 0 atom stereocenters. The van der Waals surface area contributed by atoms with Crippen LogP contribution in [0.4, 0.5) is 0 Å². The number of phenolic OH excluding ortho intramolecular Hbond substituents is 2. The van der Waals surface area contributed by atoms with Gasteiger partial charge in [0.15, 0.2) is 0 Å². The average molecular weight is 222 g/mol. The predicted molar refractivity (Wildman–Crippen MR) is 67.0 cm³/mol. The summed E-state index contributed by atoms with van der Waals surface area (Å²) in [5.41, 5.74) is 1.83. The standard InChI is InChI=1S/C14H22O2/c1-3-5-6-7-8-12-11(4-2)13(15)9-10-14(12)16/h9-10,15-16H,3-8H2,1-2H3. The molecule has 16 heavy (non-hydrogen) atoms. The molecule has 1 rings (SSSR count). The Labute approximate surface area is 97.9 Å². The zero-order valence-electron chi connectivity index (χ0n) is 10.3. The van der Waals surface area contributed by atoms with Crippen molar-refractivity contribution in [1.82, 2.24) is 0 Å². The Morgan fingerprint density at radius 1 is 0.875 bits per heavy atom. The second-order valence-electron chi connectivity index (χ2n) is 4.23. The van der Waals surface area contributed by atoms with Crippen molar-refractivity contribution in [2.24, 2.45) is 0 Å². The van der Waals surface area contributed by atoms with Crippen LogP contribution in [0.2, 0.25) is 0 Å². The molecule has 0 saturated carbocycles. The van der Waals surface area contributed by atoms with Crippen LogP contribution >= 0.6 is 0 Å². The summed E-state index contributed by atoms with van der Waals surface area (Å²) >= 11 is 0. The van der Waals surface area contributed by atoms with Crippen molar-refractivity contribution in [1.29, 1.82) is 0 Å². The number of benzene rings is 1. The molecule has 0 fully saturated rings. The minimum Gasteiger partial charge on any atom is -0.508 e. The second kappa shape index (κ2) is 6.41. The van der Waals surface area contributed by atoms with Gasteiger partial charge in [0.05, 0.1) is 0 Å². The Hall–Kier alpha value is -1.18. The average Bonchev–Trinajstić information content (AvgIpc) is 2.29. The minimum absolute atomic E-state index is 0.311. The summed E-state index contributed by atoms with van der Waals surface area (Å²) in [7, 11) is 0. The van der Waals surface area contributed by atoms with Crippen LogP contribution in [0.25, 0.3) is 0 Å². The molecule has 0 radical (unpaired) electrons. The van der Waals surface area contributed by atoms with Gasteiger partial charge < -0.3 is 10.2 Å². The quantitative estimate of drug-likeness (QED) is 0.568. The van der Waals surface area contributed by atoms with Gasteiger partial charge in [-0.05, 0) is 31.4 Å². The smallest absolute Gasteiger partial charge is 0.119 e. The van der Waals surface area contributed by atoms with Crippen molar-refractivity contribution in [3.05, 3.63) is 23.3 Å². The number of phenols is 2. The first kappa shape index (κ1) is 12.9. The van der Waals surface area contributed by atoms with Crippen molar-refractivity contribution in [3.8, 4) is 11.5 Å². The van der Waals surface area contributed by atoms with Crippen LogP contribution in [0.15, 0.2) is 12.1 Å². The summed E-state index contributed by atoms with van der Waals surface area (Å²) in [6.45, 7) is 4.19. The molecule has 1 aromatic carbocycles. The van der Waals surface area contributed by atoms with E-state index in [0.29, 0.717) is 11.5 Å². The molecule has 2 heteroatoms. The predicted octanol–water partition coefficient (Wildman–Crippen LogP) is 3.78. The van der Waals surface area contributed by atoms with E-state index in [4.69, 9.17) is 0 Å². The van der Waals surface area contributed by atoms with E-state index in [0.717, 1.165) is 30.4 Å². The first-order chi connectivity index (χ1) is 7.70. The molecule has 0 spiro atoms. The first-order valence-electron chi connectivity index (χ1n) is 6.23. The van der Waals surface area contributed by atoms with Crippen molar-refractivity contribution in [2.75, 3.05) is 0 Å². The van der Waals surface area contributed by atoms with Gasteiger partial charge in [-0.2, -0.15) is 0 Å². The maximum Gasteiger partial charge on any atom is 0.119 e. The molecule has 2 nitrogen and oxygen atoms in total. The third kappa shape index (κ3) is 3.16. The largest absolute Gasteiger partial charge is 0.508 e. The summed E-state index contributed by atoms with van der Waals surface area (Å²) in [5.74, 6) is 0.636. The fraction of sp³-hybridized carbons (Fsp3) is 0.571. The lowest BCUT2D eigenvalue weighted by Crippen LogP contribution is -1.95. The van der Waals surface area contributed by atoms with Crippen molar-refractivity contribution in [3.63, 3.8) is 0 Å². The second-order valence-corrected chi connectivity index (χ2v) is 4.23. The van der Waals surface area contributed by atoms with E-state index in [2.05, 4.69) is 6.92 Å². The molecule has 0 amide bonds. The molecule has 90 valence electrons. The summed E-state index contributed by atoms with van der Waals surface area (Å²) in [6.07, 6.45) is 6.35. The zero-order chi connectivity index (χ0) is 12.0. The molecule has 2 N–H and O–H groups in total. The van der Waals surface area contributed by atoms with Gasteiger partial charge in [-0.25, -0.2) is 0 Å². The maximum absolute atomic E-state index is 9.79. The maximum atomic E-state index is 9.79. The van der Waals surface area contributed by atoms with E-state index in [1.165, 1.54) is 19.3 Å². The van der Waals surface area contributed by atoms with Crippen LogP contribution in [0.3, 0.4) is 0 Å². The SMILES string of the molecule is CCCCCCc1c(O)ccc(O)c1CC. The van der Waals surface area contributed by atoms with Crippen LogP contribution in [0.5, 0.6) is 11.5 Å². The molecular weight excluding hydrogens is 200 g/mol. The van der Waals surface area contributed by atoms with E-state index in [9.17, 15) is 10.2 Å². The van der Waals surface area contributed by atoms with E-state index in [-0.39, 0.29) is 0 Å². The zero-order valence-corrected chi connectivity index (χ0v) is 10.3. The Morgan fingerprint density at radius 3 is 2.06 bits per heavy atom. The fourth-order valence-corrected chi connectivity index (χ4v) is 2.07. The molecule has 0 unspecified atom stereocenters. The molecule has 0 aliphatic rings. The van der Waals surface area contributed by atoms with Crippen molar-refractivity contribution < 1.29 is 10.2 Å². The summed E-state index contributed by atoms with van der Waals surface area (Å²) in [6, 6.07) is 3.16. The Kier molecular flexibility index (Phi) is 5.17. The highest BCUT2D eigenvalue weighted by Crippen LogP contribution is 2.30. The van der Waals surface area contributed by atoms with Gasteiger partial charge in [0.25, 0.3) is 0 Å². The van der Waals surface area contributed by atoms with Gasteiger partial charge in [0.2, 0.25) is 0 Å². The Bertz CT molecular complexity index is 332. The van der Waals surface area contributed by atoms with Gasteiger partial charge in [-0.15, -0.1) is 0 Å². The fourth-order valence-electron chi connectivity index (χ4n) is 2.07. The first-order valence-corrected chi connectivity index (χ1v) is 6.23. The minimum atomic E-state index is 0.311. The number of rotatable bonds is 6. The number of unbranched alkanes of at least 4 members (excludes halogenated alkanes) is 3. The van der Waals surface area contributed by atoms with E-state index < -0.39 is 0 Å². The van der Waals surface area contributed by atoms with Crippen LogP contribution in [0.1, 0.15) is 50.7 Å². The normalized spacial score (nSPS) is 10.6. The summed E-state index contributed by atoms with van der Waals surface area (Å²) in [5, 5.41) is 19.5. The van der Waals surface area contributed by atoms with E-state index in [1.807, 2.05) is 6.92 Å². The van der Waals surface area contributed by atoms with Gasteiger partial charge in [-0.1, -0.05) is 33.1 Å². The molecule has 0 aromatic heterocycles. The lowest BCUT2D eigenvalue weighted by molar-refractivity contribution is 0.447. The lowest BCUT2D eigenvalue weighted by atomic mass is 9.97. The van der Waals surface area contributed by atoms with E-state index >= 15 is 0 Å². The topological polar surface area (TPSA) is 40.5 Å². The van der Waals surface area contributed by atoms with Crippen LogP contribution in [0, 0.1) is 0 Å². The van der Waals surface area contributed by atoms with E-state index in [1.54, 1.807) is 12.1 Å². The van der Waals surface area contributed by atoms with Gasteiger partial charge >= 0.3 is 0 Å². The third-order valence-electron chi connectivity index (χ3n) is 3.02. The number of hydrogen-bond donors (Lipinski definition) is 2. The molecule has 1 aromatic rings. The Morgan fingerprint density at radius 2 is 1.50 bits per heavy atom. The molecule has 0 bridgehead atoms. The highest BCUT2D eigenvalue weighted by molar-refractivity contribution is 5.47. The Balaban J connectivity index is 2.73. The molecule has 0 heterocycles. The highest BCUT2D eigenvalue weighted by Gasteiger charge is 2.10. The third-order valence-corrected chi connectivity index (χ3v) is 3.02. The van der Waals surface area contributed by atoms with Crippen molar-refractivity contribution >= 4 is 0 Å². The van der Waals surface area contributed by atoms with Gasteiger partial charge in [0.1, 0.15) is 11.5 Å². The lowest BCUT2D eigenvalue weighted by Gasteiger charge is -2.11. The van der Waals surface area contributed by atoms with Crippen LogP contribution < -0.4 is 0 Å². The van der Waals surface area contributed by atoms with Crippen molar-refractivity contribution in [2.45, 2.75) is 52.4 Å². The van der Waals surface area contributed by atoms with Gasteiger partial charge in [0, 0.05) is 11.1 Å². The monoisotopic (exact) mass is 222 g/mol. The van der Waals surface area contributed by atoms with Gasteiger partial charge in [-0.3, -0.25) is 0 Å². The summed E-state index contributed by atoms with van der Waals surface area (Å²) < 4.78 is 0. The molecule has 0 aliphatic heterocycles. The number of hydrogen-bond acceptors (Lipinski definition) is 2. The van der Waals surface area contributed by atoms with Crippen LogP contribution in [-0.4, -0.2) is 10.2 Å². The molecule has 0 saturated heterocycles. The number of aromatic hydroxyl groups is 2. The molecule has 0 aliphatic carbocycles. The summed E-state index contributed by atoms with van der Waals surface area (Å²) in [4.78, 5) is 0. The highest BCUT2D eigenvalue weighted by atomic mass is 16.3.